The molecule has 0 aliphatic carbocycles. The van der Waals surface area contributed by atoms with Gasteiger partial charge in [0.05, 0.1) is 24.7 Å². The van der Waals surface area contributed by atoms with Crippen LogP contribution >= 0.6 is 7.05 Å². The number of rotatable bonds is 8. The molecule has 5 nitrogen and oxygen atoms in total. The highest BCUT2D eigenvalue weighted by Gasteiger charge is 2.38. The lowest BCUT2D eigenvalue weighted by Crippen LogP contribution is -2.26. The topological polar surface area (TPSA) is 72.8 Å². The van der Waals surface area contributed by atoms with Gasteiger partial charge in [0.1, 0.15) is 0 Å². The Kier molecular flexibility index (Phi) is 8.11. The summed E-state index contributed by atoms with van der Waals surface area (Å²) in [6.07, 6.45) is 0. The Labute approximate surface area is 235 Å². The summed E-state index contributed by atoms with van der Waals surface area (Å²) in [6.45, 7) is 0. The number of hydrogen-bond acceptors (Lipinski definition) is 5. The van der Waals surface area contributed by atoms with Gasteiger partial charge in [-0.25, -0.2) is 8.42 Å². The molecule has 0 spiro atoms. The lowest BCUT2D eigenvalue weighted by atomic mass is 10.1. The normalized spacial score (nSPS) is 12.3. The molecule has 0 saturated heterocycles. The minimum atomic E-state index is -4.27. The molecule has 7 heteroatoms. The van der Waals surface area contributed by atoms with Gasteiger partial charge in [-0.15, -0.1) is 0 Å². The Hall–Kier alpha value is -4.25. The minimum Gasteiger partial charge on any atom is -0.468 e. The van der Waals surface area contributed by atoms with Crippen LogP contribution in [-0.2, 0) is 19.4 Å². The third kappa shape index (κ3) is 5.16. The molecule has 1 atom stereocenters. The molecule has 1 unspecified atom stereocenters. The molecule has 0 N–H and O–H groups in total. The summed E-state index contributed by atoms with van der Waals surface area (Å²) in [5.74, 6) is -0.851. The monoisotopic (exact) mass is 565 g/mol. The van der Waals surface area contributed by atoms with E-state index in [4.69, 9.17) is 9.48 Å². The largest absolute Gasteiger partial charge is 0.468 e. The molecule has 0 heterocycles. The second-order valence-electron chi connectivity index (χ2n) is 9.07. The van der Waals surface area contributed by atoms with Crippen molar-refractivity contribution in [3.63, 3.8) is 0 Å². The van der Waals surface area contributed by atoms with Crippen molar-refractivity contribution in [3.05, 3.63) is 151 Å². The van der Waals surface area contributed by atoms with E-state index >= 15 is 0 Å². The smallest absolute Gasteiger partial charge is 0.329 e. The number of carbonyl (C=O) groups is 1. The van der Waals surface area contributed by atoms with E-state index in [0.717, 1.165) is 15.9 Å². The molecule has 0 aromatic heterocycles. The maximum Gasteiger partial charge on any atom is 0.329 e. The summed E-state index contributed by atoms with van der Waals surface area (Å²) < 4.78 is 39.0. The Morgan fingerprint density at radius 3 is 1.48 bits per heavy atom. The van der Waals surface area contributed by atoms with E-state index in [1.165, 1.54) is 13.2 Å². The molecule has 200 valence electrons. The first-order valence-corrected chi connectivity index (χ1v) is 16.0. The van der Waals surface area contributed by atoms with Gasteiger partial charge in [0.2, 0.25) is 0 Å². The molecule has 0 fully saturated rings. The van der Waals surface area contributed by atoms with Gasteiger partial charge in [0.25, 0.3) is 0 Å². The van der Waals surface area contributed by atoms with E-state index in [2.05, 4.69) is 0 Å². The first kappa shape index (κ1) is 27.3. The van der Waals surface area contributed by atoms with Crippen LogP contribution in [0.4, 0.5) is 5.69 Å². The van der Waals surface area contributed by atoms with Gasteiger partial charge in [-0.3, -0.25) is 9.54 Å². The van der Waals surface area contributed by atoms with E-state index in [9.17, 15) is 13.2 Å². The summed E-state index contributed by atoms with van der Waals surface area (Å²) in [6, 6.07) is 44.9. The third-order valence-corrected chi connectivity index (χ3v) is 12.3. The zero-order chi connectivity index (χ0) is 28.0. The fourth-order valence-electron chi connectivity index (χ4n) is 4.80. The van der Waals surface area contributed by atoms with Crippen LogP contribution in [0.3, 0.4) is 0 Å². The Morgan fingerprint density at radius 1 is 0.625 bits per heavy atom. The average molecular weight is 566 g/mol. The van der Waals surface area contributed by atoms with Gasteiger partial charge in [0.15, 0.2) is 15.1 Å². The lowest BCUT2D eigenvalue weighted by Gasteiger charge is -2.27. The molecule has 40 heavy (non-hydrogen) atoms. The van der Waals surface area contributed by atoms with Crippen molar-refractivity contribution in [2.24, 2.45) is 4.74 Å². The number of benzene rings is 5. The van der Waals surface area contributed by atoms with Crippen LogP contribution in [0.25, 0.3) is 0 Å². The van der Waals surface area contributed by atoms with Crippen molar-refractivity contribution in [3.8, 4) is 0 Å². The van der Waals surface area contributed by atoms with Crippen LogP contribution in [0, 0.1) is 0 Å². The number of hydrogen-bond donors (Lipinski definition) is 0. The van der Waals surface area contributed by atoms with Gasteiger partial charge in [0, 0.05) is 15.9 Å². The highest BCUT2D eigenvalue weighted by Crippen LogP contribution is 2.50. The molecule has 0 aliphatic heterocycles. The first-order valence-electron chi connectivity index (χ1n) is 12.7. The Bertz CT molecular complexity index is 1660. The molecular formula is C33H28NO4PS. The van der Waals surface area contributed by atoms with Gasteiger partial charge in [-0.1, -0.05) is 133 Å². The zero-order valence-electron chi connectivity index (χ0n) is 21.9. The van der Waals surface area contributed by atoms with Gasteiger partial charge < -0.3 is 4.74 Å². The van der Waals surface area contributed by atoms with Crippen LogP contribution in [-0.4, -0.2) is 21.5 Å². The highest BCUT2D eigenvalue weighted by molar-refractivity contribution is 7.92. The van der Waals surface area contributed by atoms with Crippen LogP contribution < -0.4 is 15.9 Å². The van der Waals surface area contributed by atoms with Gasteiger partial charge in [-0.05, 0) is 17.7 Å². The van der Waals surface area contributed by atoms with Crippen molar-refractivity contribution >= 4 is 44.5 Å². The summed E-state index contributed by atoms with van der Waals surface area (Å²) in [4.78, 5) is 12.9. The van der Waals surface area contributed by atoms with Crippen molar-refractivity contribution in [2.45, 2.75) is 10.1 Å². The first-order chi connectivity index (χ1) is 19.5. The number of methoxy groups -OCH3 is 1. The predicted octanol–water partition coefficient (Wildman–Crippen LogP) is 6.18. The third-order valence-electron chi connectivity index (χ3n) is 6.65. The quantitative estimate of drug-likeness (QED) is 0.166. The maximum absolute atomic E-state index is 14.3. The number of sulfone groups is 1. The van der Waals surface area contributed by atoms with Crippen LogP contribution in [0.2, 0.25) is 0 Å². The highest BCUT2D eigenvalue weighted by atomic mass is 32.2. The molecule has 5 rings (SSSR count). The fraction of sp³-hybridized carbons (Fsp3) is 0.0606. The fourth-order valence-corrected chi connectivity index (χ4v) is 10.2. The molecule has 0 amide bonds. The van der Waals surface area contributed by atoms with Crippen LogP contribution in [0.5, 0.6) is 0 Å². The number of esters is 1. The molecule has 0 radical (unpaired) electrons. The van der Waals surface area contributed by atoms with Crippen molar-refractivity contribution < 1.29 is 17.9 Å². The number of ether oxygens (including phenoxy) is 1. The Balaban J connectivity index is 1.86. The van der Waals surface area contributed by atoms with Crippen LogP contribution in [0.1, 0.15) is 10.8 Å². The molecular weight excluding hydrogens is 537 g/mol. The van der Waals surface area contributed by atoms with Crippen molar-refractivity contribution in [1.82, 2.24) is 0 Å². The number of carbonyl (C=O) groups excluding carboxylic acids is 1. The Morgan fingerprint density at radius 2 is 1.02 bits per heavy atom. The average Bonchev–Trinajstić information content (AvgIpc) is 3.01. The van der Waals surface area contributed by atoms with E-state index in [1.54, 1.807) is 48.5 Å². The minimum absolute atomic E-state index is 0.0265. The lowest BCUT2D eigenvalue weighted by molar-refractivity contribution is -0.140. The maximum atomic E-state index is 14.3. The second kappa shape index (κ2) is 11.9. The van der Waals surface area contributed by atoms with E-state index in [1.807, 2.05) is 91.0 Å². The summed E-state index contributed by atoms with van der Waals surface area (Å²) >= 11 is 0. The van der Waals surface area contributed by atoms with E-state index < -0.39 is 28.1 Å². The zero-order valence-corrected chi connectivity index (χ0v) is 23.6. The molecule has 0 aliphatic rings. The number of nitrogens with zero attached hydrogens (tertiary/aromatic N) is 1. The predicted molar refractivity (Wildman–Crippen MR) is 162 cm³/mol. The second-order valence-corrected chi connectivity index (χ2v) is 14.1. The van der Waals surface area contributed by atoms with Crippen molar-refractivity contribution in [1.29, 1.82) is 0 Å². The summed E-state index contributed by atoms with van der Waals surface area (Å²) in [5.41, 5.74) is 0.622. The molecule has 5 aromatic carbocycles. The molecule has 0 saturated carbocycles. The van der Waals surface area contributed by atoms with Gasteiger partial charge >= 0.3 is 5.97 Å². The molecule has 5 aromatic rings. The summed E-state index contributed by atoms with van der Waals surface area (Å²) in [7, 11) is -5.83. The standard InChI is InChI=1S/C33H28NO4PS/c1-38-33(35)32(26-16-6-2-7-17-26)40(36,37)31-25-15-14-24-30(31)34-39(27-18-8-3-9-19-27,28-20-10-4-11-21-28)29-22-12-5-13-23-29/h2-25,32H,1H3. The summed E-state index contributed by atoms with van der Waals surface area (Å²) in [5, 5.41) is 1.40. The van der Waals surface area contributed by atoms with E-state index in [-0.39, 0.29) is 10.6 Å². The van der Waals surface area contributed by atoms with Crippen LogP contribution in [0.15, 0.2) is 155 Å². The van der Waals surface area contributed by atoms with Crippen molar-refractivity contribution in [2.75, 3.05) is 7.11 Å². The molecule has 0 bridgehead atoms. The van der Waals surface area contributed by atoms with Gasteiger partial charge in [-0.2, -0.15) is 0 Å². The van der Waals surface area contributed by atoms with E-state index in [0.29, 0.717) is 5.56 Å². The SMILES string of the molecule is COC(=O)C(c1ccccc1)S(=O)(=O)c1ccccc1N=P(c1ccccc1)(c1ccccc1)c1ccccc1.